The van der Waals surface area contributed by atoms with E-state index < -0.39 is 9.84 Å². The minimum absolute atomic E-state index is 0.0197. The third-order valence-electron chi connectivity index (χ3n) is 8.59. The summed E-state index contributed by atoms with van der Waals surface area (Å²) in [5.41, 5.74) is 6.72. The summed E-state index contributed by atoms with van der Waals surface area (Å²) in [4.78, 5) is 12.3. The summed E-state index contributed by atoms with van der Waals surface area (Å²) in [6.45, 7) is 6.22. The highest BCUT2D eigenvalue weighted by Gasteiger charge is 2.31. The van der Waals surface area contributed by atoms with E-state index in [1.54, 1.807) is 0 Å². The fourth-order valence-corrected chi connectivity index (χ4v) is 7.71. The first-order chi connectivity index (χ1) is 19.9. The third kappa shape index (κ3) is 4.68. The minimum Gasteiger partial charge on any atom is -0.381 e. The third-order valence-corrected chi connectivity index (χ3v) is 10.2. The molecule has 2 saturated heterocycles. The molecule has 0 unspecified atom stereocenters. The van der Waals surface area contributed by atoms with Gasteiger partial charge in [0, 0.05) is 49.0 Å². The second-order valence-electron chi connectivity index (χ2n) is 11.1. The average Bonchev–Trinajstić information content (AvgIpc) is 3.49. The first kappa shape index (κ1) is 26.2. The number of anilines is 1. The van der Waals surface area contributed by atoms with Crippen LogP contribution < -0.4 is 4.90 Å². The van der Waals surface area contributed by atoms with Crippen molar-refractivity contribution in [3.05, 3.63) is 71.7 Å². The number of benzene rings is 1. The summed E-state index contributed by atoms with van der Waals surface area (Å²) in [7, 11) is -3.00. The molecule has 7 rings (SSSR count). The lowest BCUT2D eigenvalue weighted by atomic mass is 9.86. The summed E-state index contributed by atoms with van der Waals surface area (Å²) < 4.78 is 37.9. The molecule has 0 radical (unpaired) electrons. The van der Waals surface area contributed by atoms with E-state index in [1.165, 1.54) is 5.56 Å². The number of nitrogens with zero attached hydrogens (tertiary/aromatic N) is 5. The molecular formula is C31H33N5O4S. The zero-order valence-electron chi connectivity index (χ0n) is 23.3. The Labute approximate surface area is 239 Å². The number of hydrogen-bond acceptors (Lipinski definition) is 8. The normalized spacial score (nSPS) is 18.7. The second-order valence-corrected chi connectivity index (χ2v) is 13.4. The van der Waals surface area contributed by atoms with Crippen LogP contribution in [-0.4, -0.2) is 65.9 Å². The highest BCUT2D eigenvalue weighted by atomic mass is 32.2. The van der Waals surface area contributed by atoms with Crippen LogP contribution in [-0.2, 0) is 14.6 Å². The number of pyridine rings is 2. The maximum atomic E-state index is 12.1. The molecule has 6 heterocycles. The van der Waals surface area contributed by atoms with Crippen LogP contribution in [0.25, 0.3) is 33.2 Å². The molecule has 0 aliphatic carbocycles. The van der Waals surface area contributed by atoms with Gasteiger partial charge < -0.3 is 18.7 Å². The molecule has 1 atom stereocenters. The smallest absolute Gasteiger partial charge is 0.153 e. The van der Waals surface area contributed by atoms with Gasteiger partial charge in [0.05, 0.1) is 34.3 Å². The van der Waals surface area contributed by atoms with Crippen LogP contribution in [0.1, 0.15) is 35.9 Å². The molecule has 4 aromatic heterocycles. The minimum atomic E-state index is -3.00. The summed E-state index contributed by atoms with van der Waals surface area (Å²) in [5, 5.41) is 5.16. The Kier molecular flexibility index (Phi) is 6.54. The van der Waals surface area contributed by atoms with Crippen molar-refractivity contribution in [2.75, 3.05) is 42.7 Å². The van der Waals surface area contributed by atoms with Crippen LogP contribution in [0.5, 0.6) is 0 Å². The van der Waals surface area contributed by atoms with Crippen LogP contribution >= 0.6 is 0 Å². The first-order valence-corrected chi connectivity index (χ1v) is 16.0. The topological polar surface area (TPSA) is 103 Å². The average molecular weight is 572 g/mol. The van der Waals surface area contributed by atoms with Crippen LogP contribution in [0.4, 0.5) is 5.82 Å². The van der Waals surface area contributed by atoms with Gasteiger partial charge in [-0.05, 0) is 56.4 Å². The number of hydrogen-bond donors (Lipinski definition) is 0. The highest BCUT2D eigenvalue weighted by molar-refractivity contribution is 7.91. The van der Waals surface area contributed by atoms with E-state index in [0.717, 1.165) is 76.5 Å². The first-order valence-electron chi connectivity index (χ1n) is 14.2. The molecule has 41 heavy (non-hydrogen) atoms. The molecule has 10 heteroatoms. The van der Waals surface area contributed by atoms with E-state index in [-0.39, 0.29) is 17.5 Å². The lowest BCUT2D eigenvalue weighted by Gasteiger charge is -2.33. The lowest BCUT2D eigenvalue weighted by molar-refractivity contribution is 0.0552. The predicted octanol–water partition coefficient (Wildman–Crippen LogP) is 5.11. The van der Waals surface area contributed by atoms with E-state index in [9.17, 15) is 8.42 Å². The molecule has 9 nitrogen and oxygen atoms in total. The van der Waals surface area contributed by atoms with Gasteiger partial charge in [-0.25, -0.2) is 13.4 Å². The van der Waals surface area contributed by atoms with Gasteiger partial charge in [0.1, 0.15) is 17.2 Å². The van der Waals surface area contributed by atoms with E-state index in [0.29, 0.717) is 19.0 Å². The molecule has 0 N–H and O–H groups in total. The van der Waals surface area contributed by atoms with E-state index in [4.69, 9.17) is 19.2 Å². The Morgan fingerprint density at radius 1 is 1.00 bits per heavy atom. The van der Waals surface area contributed by atoms with Crippen molar-refractivity contribution in [3.63, 3.8) is 0 Å². The van der Waals surface area contributed by atoms with Crippen molar-refractivity contribution < 1.29 is 17.7 Å². The summed E-state index contributed by atoms with van der Waals surface area (Å²) in [6.07, 6.45) is 3.79. The maximum Gasteiger partial charge on any atom is 0.153 e. The van der Waals surface area contributed by atoms with Crippen LogP contribution in [0.15, 0.2) is 59.3 Å². The van der Waals surface area contributed by atoms with Gasteiger partial charge in [-0.2, -0.15) is 0 Å². The van der Waals surface area contributed by atoms with E-state index in [2.05, 4.69) is 51.0 Å². The van der Waals surface area contributed by atoms with Gasteiger partial charge >= 0.3 is 0 Å². The van der Waals surface area contributed by atoms with Gasteiger partial charge in [0.2, 0.25) is 0 Å². The van der Waals surface area contributed by atoms with Crippen LogP contribution in [0.2, 0.25) is 0 Å². The Morgan fingerprint density at radius 3 is 2.46 bits per heavy atom. The molecule has 0 saturated carbocycles. The molecule has 0 spiro atoms. The Morgan fingerprint density at radius 2 is 1.76 bits per heavy atom. The Balaban J connectivity index is 1.48. The van der Waals surface area contributed by atoms with E-state index >= 15 is 0 Å². The molecule has 0 bridgehead atoms. The molecule has 2 aliphatic heterocycles. The number of aryl methyl sites for hydroxylation is 2. The molecule has 5 aromatic rings. The van der Waals surface area contributed by atoms with Gasteiger partial charge in [-0.3, -0.25) is 4.98 Å². The number of rotatable bonds is 5. The fraction of sp³-hybridized carbons (Fsp3) is 0.387. The Hall–Kier alpha value is -3.76. The van der Waals surface area contributed by atoms with Crippen molar-refractivity contribution in [2.24, 2.45) is 5.92 Å². The number of ether oxygens (including phenoxy) is 1. The van der Waals surface area contributed by atoms with Gasteiger partial charge in [0.15, 0.2) is 9.84 Å². The number of aromatic nitrogens is 4. The van der Waals surface area contributed by atoms with Gasteiger partial charge in [0.25, 0.3) is 0 Å². The van der Waals surface area contributed by atoms with Crippen molar-refractivity contribution in [2.45, 2.75) is 32.7 Å². The van der Waals surface area contributed by atoms with Gasteiger partial charge in [-0.15, -0.1) is 0 Å². The van der Waals surface area contributed by atoms with Crippen LogP contribution in [0.3, 0.4) is 0 Å². The van der Waals surface area contributed by atoms with Crippen molar-refractivity contribution >= 4 is 37.7 Å². The Bertz CT molecular complexity index is 1810. The van der Waals surface area contributed by atoms with Gasteiger partial charge in [-0.1, -0.05) is 35.5 Å². The summed E-state index contributed by atoms with van der Waals surface area (Å²) >= 11 is 0. The predicted molar refractivity (Wildman–Crippen MR) is 159 cm³/mol. The molecule has 0 amide bonds. The molecule has 212 valence electrons. The SMILES string of the molecule is Cc1noc(C)c1-c1cnc2c3ccc(N4CCS(=O)(=O)CC4)nc3n([C@H](c3ccccc3)C3CCOCC3)c2c1. The maximum absolute atomic E-state index is 12.1. The number of sulfone groups is 1. The van der Waals surface area contributed by atoms with E-state index in [1.807, 2.05) is 32.2 Å². The summed E-state index contributed by atoms with van der Waals surface area (Å²) in [6, 6.07) is 16.9. The van der Waals surface area contributed by atoms with Crippen LogP contribution in [0, 0.1) is 19.8 Å². The molecule has 2 aliphatic rings. The molecule has 1 aromatic carbocycles. The van der Waals surface area contributed by atoms with Crippen molar-refractivity contribution in [1.82, 2.24) is 19.7 Å². The zero-order chi connectivity index (χ0) is 28.1. The second kappa shape index (κ2) is 10.3. The molecular weight excluding hydrogens is 538 g/mol. The monoisotopic (exact) mass is 571 g/mol. The van der Waals surface area contributed by atoms with Crippen molar-refractivity contribution in [3.8, 4) is 11.1 Å². The highest BCUT2D eigenvalue weighted by Crippen LogP contribution is 2.41. The summed E-state index contributed by atoms with van der Waals surface area (Å²) in [5.74, 6) is 2.19. The quantitative estimate of drug-likeness (QED) is 0.287. The fourth-order valence-electron chi connectivity index (χ4n) is 6.51. The zero-order valence-corrected chi connectivity index (χ0v) is 24.1. The van der Waals surface area contributed by atoms with Crippen molar-refractivity contribution in [1.29, 1.82) is 0 Å². The standard InChI is InChI=1S/C31H33N5O4S/c1-20-28(21(2)40-34-20)24-18-26-29(32-19-24)25-8-9-27(35-12-16-41(37,38)17-13-35)33-31(25)36(26)30(22-6-4-3-5-7-22)23-10-14-39-15-11-23/h3-9,18-19,23,30H,10-17H2,1-2H3/t30-/m1/s1. The lowest BCUT2D eigenvalue weighted by Crippen LogP contribution is -2.40. The molecule has 2 fully saturated rings. The number of fused-ring (bicyclic) bond motifs is 3. The largest absolute Gasteiger partial charge is 0.381 e.